The van der Waals surface area contributed by atoms with Gasteiger partial charge in [-0.25, -0.2) is 4.98 Å². The number of aromatic amines is 1. The Kier molecular flexibility index (Phi) is 1.70. The molecule has 0 atom stereocenters. The molecule has 66 valence electrons. The molecule has 3 N–H and O–H groups in total. The molecule has 0 saturated carbocycles. The SMILES string of the molecule is NC(=O)Cc1cc2nc[nH]c2cn1. The largest absolute Gasteiger partial charge is 0.369 e. The van der Waals surface area contributed by atoms with Gasteiger partial charge >= 0.3 is 0 Å². The van der Waals surface area contributed by atoms with E-state index in [1.54, 1.807) is 18.6 Å². The summed E-state index contributed by atoms with van der Waals surface area (Å²) < 4.78 is 0. The number of carbonyl (C=O) groups excluding carboxylic acids is 1. The average molecular weight is 176 g/mol. The fourth-order valence-corrected chi connectivity index (χ4v) is 1.15. The molecule has 2 rings (SSSR count). The smallest absolute Gasteiger partial charge is 0.223 e. The van der Waals surface area contributed by atoms with Crippen LogP contribution >= 0.6 is 0 Å². The monoisotopic (exact) mass is 176 g/mol. The van der Waals surface area contributed by atoms with Gasteiger partial charge in [-0.2, -0.15) is 0 Å². The zero-order valence-electron chi connectivity index (χ0n) is 6.82. The van der Waals surface area contributed by atoms with Crippen molar-refractivity contribution in [1.82, 2.24) is 15.0 Å². The number of aromatic nitrogens is 3. The van der Waals surface area contributed by atoms with Crippen LogP contribution in [0.2, 0.25) is 0 Å². The van der Waals surface area contributed by atoms with Crippen molar-refractivity contribution in [1.29, 1.82) is 0 Å². The lowest BCUT2D eigenvalue weighted by Crippen LogP contribution is -2.14. The van der Waals surface area contributed by atoms with Crippen molar-refractivity contribution < 1.29 is 4.79 Å². The third-order valence-electron chi connectivity index (χ3n) is 1.72. The maximum absolute atomic E-state index is 10.6. The highest BCUT2D eigenvalue weighted by Crippen LogP contribution is 2.08. The molecule has 5 heteroatoms. The first kappa shape index (κ1) is 7.72. The number of nitrogens with one attached hydrogen (secondary N) is 1. The molecule has 2 aromatic rings. The Bertz CT molecular complexity index is 448. The van der Waals surface area contributed by atoms with E-state index in [1.165, 1.54) is 0 Å². The maximum Gasteiger partial charge on any atom is 0.223 e. The van der Waals surface area contributed by atoms with E-state index in [1.807, 2.05) is 0 Å². The third-order valence-corrected chi connectivity index (χ3v) is 1.72. The molecule has 0 spiro atoms. The predicted octanol–water partition coefficient (Wildman–Crippen LogP) is -0.0143. The number of hydrogen-bond acceptors (Lipinski definition) is 3. The van der Waals surface area contributed by atoms with E-state index >= 15 is 0 Å². The molecule has 13 heavy (non-hydrogen) atoms. The van der Waals surface area contributed by atoms with Crippen LogP contribution in [0.5, 0.6) is 0 Å². The summed E-state index contributed by atoms with van der Waals surface area (Å²) in [6.07, 6.45) is 3.38. The van der Waals surface area contributed by atoms with E-state index in [2.05, 4.69) is 15.0 Å². The minimum Gasteiger partial charge on any atom is -0.369 e. The summed E-state index contributed by atoms with van der Waals surface area (Å²) in [6.45, 7) is 0. The fraction of sp³-hybridized carbons (Fsp3) is 0.125. The number of amides is 1. The number of carbonyl (C=O) groups is 1. The molecular weight excluding hydrogens is 168 g/mol. The first-order chi connectivity index (χ1) is 6.25. The van der Waals surface area contributed by atoms with Gasteiger partial charge in [-0.1, -0.05) is 0 Å². The van der Waals surface area contributed by atoms with Crippen molar-refractivity contribution in [2.24, 2.45) is 5.73 Å². The van der Waals surface area contributed by atoms with Gasteiger partial charge in [-0.3, -0.25) is 9.78 Å². The Morgan fingerprint density at radius 2 is 2.38 bits per heavy atom. The van der Waals surface area contributed by atoms with Crippen molar-refractivity contribution in [3.63, 3.8) is 0 Å². The topological polar surface area (TPSA) is 84.7 Å². The molecule has 1 amide bonds. The molecule has 0 fully saturated rings. The molecule has 0 bridgehead atoms. The molecule has 2 heterocycles. The number of nitrogens with two attached hydrogens (primary N) is 1. The number of fused-ring (bicyclic) bond motifs is 1. The van der Waals surface area contributed by atoms with Gasteiger partial charge in [-0.05, 0) is 6.07 Å². The van der Waals surface area contributed by atoms with Crippen LogP contribution in [0.4, 0.5) is 0 Å². The van der Waals surface area contributed by atoms with E-state index in [9.17, 15) is 4.79 Å². The first-order valence-corrected chi connectivity index (χ1v) is 3.82. The van der Waals surface area contributed by atoms with Crippen LogP contribution in [0.15, 0.2) is 18.6 Å². The molecule has 0 aromatic carbocycles. The molecule has 2 aromatic heterocycles. The third kappa shape index (κ3) is 1.48. The first-order valence-electron chi connectivity index (χ1n) is 3.82. The summed E-state index contributed by atoms with van der Waals surface area (Å²) in [6, 6.07) is 1.75. The van der Waals surface area contributed by atoms with Crippen LogP contribution in [-0.2, 0) is 11.2 Å². The fourth-order valence-electron chi connectivity index (χ4n) is 1.15. The molecule has 5 nitrogen and oxygen atoms in total. The van der Waals surface area contributed by atoms with Crippen LogP contribution in [0, 0.1) is 0 Å². The zero-order chi connectivity index (χ0) is 9.26. The highest BCUT2D eigenvalue weighted by Gasteiger charge is 2.02. The van der Waals surface area contributed by atoms with E-state index < -0.39 is 0 Å². The van der Waals surface area contributed by atoms with Gasteiger partial charge in [0.05, 0.1) is 35.7 Å². The quantitative estimate of drug-likeness (QED) is 0.674. The van der Waals surface area contributed by atoms with Gasteiger partial charge in [0, 0.05) is 0 Å². The van der Waals surface area contributed by atoms with Crippen molar-refractivity contribution in [3.05, 3.63) is 24.3 Å². The normalized spacial score (nSPS) is 10.5. The molecule has 0 aliphatic carbocycles. The van der Waals surface area contributed by atoms with Gasteiger partial charge < -0.3 is 10.7 Å². The number of rotatable bonds is 2. The van der Waals surface area contributed by atoms with Gasteiger partial charge in [-0.15, -0.1) is 0 Å². The van der Waals surface area contributed by atoms with Gasteiger partial charge in [0.15, 0.2) is 0 Å². The Morgan fingerprint density at radius 1 is 1.54 bits per heavy atom. The molecule has 0 unspecified atom stereocenters. The van der Waals surface area contributed by atoms with Crippen LogP contribution in [0.1, 0.15) is 5.69 Å². The molecule has 0 radical (unpaired) electrons. The van der Waals surface area contributed by atoms with Crippen LogP contribution in [0.25, 0.3) is 11.0 Å². The van der Waals surface area contributed by atoms with Crippen molar-refractivity contribution in [2.45, 2.75) is 6.42 Å². The number of nitrogens with zero attached hydrogens (tertiary/aromatic N) is 2. The predicted molar refractivity (Wildman–Crippen MR) is 46.8 cm³/mol. The Balaban J connectivity index is 2.42. The lowest BCUT2D eigenvalue weighted by molar-refractivity contribution is -0.117. The Labute approximate surface area is 74.0 Å². The molecular formula is C8H8N4O. The number of primary amides is 1. The van der Waals surface area contributed by atoms with E-state index in [0.717, 1.165) is 11.0 Å². The summed E-state index contributed by atoms with van der Waals surface area (Å²) in [7, 11) is 0. The number of pyridine rings is 1. The van der Waals surface area contributed by atoms with Crippen LogP contribution in [0.3, 0.4) is 0 Å². The second-order valence-electron chi connectivity index (χ2n) is 2.74. The minimum atomic E-state index is -0.387. The highest BCUT2D eigenvalue weighted by molar-refractivity contribution is 5.78. The van der Waals surface area contributed by atoms with E-state index in [0.29, 0.717) is 5.69 Å². The Morgan fingerprint density at radius 3 is 3.15 bits per heavy atom. The number of imidazole rings is 1. The van der Waals surface area contributed by atoms with Crippen LogP contribution < -0.4 is 5.73 Å². The number of hydrogen-bond donors (Lipinski definition) is 2. The Hall–Kier alpha value is -1.91. The maximum atomic E-state index is 10.6. The molecule has 0 saturated heterocycles. The minimum absolute atomic E-state index is 0.156. The average Bonchev–Trinajstić information content (AvgIpc) is 2.49. The van der Waals surface area contributed by atoms with Crippen LogP contribution in [-0.4, -0.2) is 20.9 Å². The number of H-pyrrole nitrogens is 1. The summed E-state index contributed by atoms with van der Waals surface area (Å²) in [4.78, 5) is 21.6. The van der Waals surface area contributed by atoms with Crippen molar-refractivity contribution in [2.75, 3.05) is 0 Å². The summed E-state index contributed by atoms with van der Waals surface area (Å²) in [5.41, 5.74) is 7.33. The summed E-state index contributed by atoms with van der Waals surface area (Å²) in [5.74, 6) is -0.387. The summed E-state index contributed by atoms with van der Waals surface area (Å²) >= 11 is 0. The van der Waals surface area contributed by atoms with E-state index in [-0.39, 0.29) is 12.3 Å². The van der Waals surface area contributed by atoms with E-state index in [4.69, 9.17) is 5.73 Å². The van der Waals surface area contributed by atoms with Crippen molar-refractivity contribution >= 4 is 16.9 Å². The van der Waals surface area contributed by atoms with Gasteiger partial charge in [0.1, 0.15) is 0 Å². The van der Waals surface area contributed by atoms with Gasteiger partial charge in [0.25, 0.3) is 0 Å². The molecule has 0 aliphatic rings. The molecule has 0 aliphatic heterocycles. The lowest BCUT2D eigenvalue weighted by atomic mass is 10.2. The highest BCUT2D eigenvalue weighted by atomic mass is 16.1. The van der Waals surface area contributed by atoms with Crippen molar-refractivity contribution in [3.8, 4) is 0 Å². The van der Waals surface area contributed by atoms with Gasteiger partial charge in [0.2, 0.25) is 5.91 Å². The second kappa shape index (κ2) is 2.85. The second-order valence-corrected chi connectivity index (χ2v) is 2.74. The summed E-state index contributed by atoms with van der Waals surface area (Å²) in [5, 5.41) is 0. The standard InChI is InChI=1S/C8H8N4O/c9-8(13)2-5-1-6-7(3-10-5)12-4-11-6/h1,3-4H,2H2,(H2,9,13)(H,11,12). The lowest BCUT2D eigenvalue weighted by Gasteiger charge is -1.95. The zero-order valence-corrected chi connectivity index (χ0v) is 6.82.